The van der Waals surface area contributed by atoms with Crippen LogP contribution in [0.15, 0.2) is 43.1 Å². The molecule has 3 heterocycles. The molecule has 0 bridgehead atoms. The van der Waals surface area contributed by atoms with Gasteiger partial charge in [0.05, 0.1) is 18.2 Å². The molecule has 0 aliphatic carbocycles. The van der Waals surface area contributed by atoms with Crippen LogP contribution in [-0.2, 0) is 0 Å². The molecule has 2 N–H and O–H groups in total. The normalized spacial score (nSPS) is 20.0. The van der Waals surface area contributed by atoms with E-state index >= 15 is 0 Å². The molecule has 9 heteroatoms. The van der Waals surface area contributed by atoms with Crippen molar-refractivity contribution in [2.24, 2.45) is 0 Å². The molecule has 1 fully saturated rings. The van der Waals surface area contributed by atoms with Gasteiger partial charge in [-0.3, -0.25) is 0 Å². The molecule has 2 aromatic heterocycles. The number of aromatic hydroxyl groups is 1. The second-order valence-corrected chi connectivity index (χ2v) is 5.96. The van der Waals surface area contributed by atoms with Crippen molar-refractivity contribution in [3.8, 4) is 28.7 Å². The van der Waals surface area contributed by atoms with Gasteiger partial charge in [-0.25, -0.2) is 14.4 Å². The average Bonchev–Trinajstić information content (AvgIpc) is 3.19. The van der Waals surface area contributed by atoms with E-state index < -0.39 is 12.3 Å². The van der Waals surface area contributed by atoms with Gasteiger partial charge in [-0.1, -0.05) is 5.10 Å². The number of nitrogens with zero attached hydrogens (tertiary/aromatic N) is 5. The molecule has 3 aromatic rings. The van der Waals surface area contributed by atoms with Crippen LogP contribution in [-0.4, -0.2) is 55.2 Å². The number of halogens is 1. The van der Waals surface area contributed by atoms with E-state index in [4.69, 9.17) is 4.74 Å². The van der Waals surface area contributed by atoms with Gasteiger partial charge in [0, 0.05) is 30.6 Å². The summed E-state index contributed by atoms with van der Waals surface area (Å²) in [4.78, 5) is 8.06. The summed E-state index contributed by atoms with van der Waals surface area (Å²) in [7, 11) is 0. The summed E-state index contributed by atoms with van der Waals surface area (Å²) in [5.74, 6) is 0.0446. The number of phenols is 1. The van der Waals surface area contributed by atoms with E-state index in [-0.39, 0.29) is 18.3 Å². The van der Waals surface area contributed by atoms with Crippen molar-refractivity contribution in [3.05, 3.63) is 43.1 Å². The number of nitrogens with one attached hydrogen (secondary N) is 1. The number of piperidine rings is 1. The molecule has 1 aliphatic heterocycles. The minimum Gasteiger partial charge on any atom is -0.507 e. The van der Waals surface area contributed by atoms with Crippen molar-refractivity contribution < 1.29 is 14.2 Å². The monoisotopic (exact) mass is 356 g/mol. The van der Waals surface area contributed by atoms with E-state index in [9.17, 15) is 9.50 Å². The number of benzene rings is 1. The number of ether oxygens (including phenoxy) is 1. The third kappa shape index (κ3) is 3.33. The molecular formula is C17H17FN6O2. The molecule has 1 aliphatic rings. The van der Waals surface area contributed by atoms with Crippen LogP contribution in [0.2, 0.25) is 0 Å². The lowest BCUT2D eigenvalue weighted by Gasteiger charge is -2.26. The predicted octanol–water partition coefficient (Wildman–Crippen LogP) is 1.51. The fourth-order valence-electron chi connectivity index (χ4n) is 2.82. The molecular weight excluding hydrogens is 339 g/mol. The highest BCUT2D eigenvalue weighted by Crippen LogP contribution is 2.29. The highest BCUT2D eigenvalue weighted by atomic mass is 19.1. The van der Waals surface area contributed by atoms with Crippen LogP contribution in [0.4, 0.5) is 4.39 Å². The Labute approximate surface area is 148 Å². The summed E-state index contributed by atoms with van der Waals surface area (Å²) >= 11 is 0. The molecule has 0 spiro atoms. The average molecular weight is 356 g/mol. The lowest BCUT2D eigenvalue weighted by atomic mass is 10.1. The maximum atomic E-state index is 13.8. The van der Waals surface area contributed by atoms with Gasteiger partial charge >= 0.3 is 6.01 Å². The highest BCUT2D eigenvalue weighted by Gasteiger charge is 2.27. The number of alkyl halides is 1. The Hall–Kier alpha value is -3.07. The van der Waals surface area contributed by atoms with Gasteiger partial charge in [0.1, 0.15) is 23.7 Å². The zero-order valence-corrected chi connectivity index (χ0v) is 13.8. The topological polar surface area (TPSA) is 98.0 Å². The second-order valence-electron chi connectivity index (χ2n) is 5.96. The molecule has 134 valence electrons. The van der Waals surface area contributed by atoms with Crippen LogP contribution in [0.25, 0.3) is 16.9 Å². The first-order valence-electron chi connectivity index (χ1n) is 8.23. The second kappa shape index (κ2) is 7.04. The molecule has 2 atom stereocenters. The third-order valence-electron chi connectivity index (χ3n) is 4.21. The van der Waals surface area contributed by atoms with E-state index in [0.717, 1.165) is 5.69 Å². The van der Waals surface area contributed by atoms with Gasteiger partial charge in [-0.15, -0.1) is 5.10 Å². The van der Waals surface area contributed by atoms with Gasteiger partial charge in [0.15, 0.2) is 0 Å². The van der Waals surface area contributed by atoms with Crippen molar-refractivity contribution in [1.82, 2.24) is 30.0 Å². The maximum Gasteiger partial charge on any atom is 0.336 e. The quantitative estimate of drug-likeness (QED) is 0.731. The summed E-state index contributed by atoms with van der Waals surface area (Å²) in [5.41, 5.74) is 1.66. The fourth-order valence-corrected chi connectivity index (χ4v) is 2.82. The lowest BCUT2D eigenvalue weighted by Crippen LogP contribution is -2.44. The van der Waals surface area contributed by atoms with Gasteiger partial charge in [0.2, 0.25) is 0 Å². The first kappa shape index (κ1) is 16.4. The van der Waals surface area contributed by atoms with E-state index in [0.29, 0.717) is 24.2 Å². The summed E-state index contributed by atoms with van der Waals surface area (Å²) < 4.78 is 21.0. The Morgan fingerprint density at radius 3 is 2.92 bits per heavy atom. The number of imidazole rings is 1. The van der Waals surface area contributed by atoms with E-state index in [1.807, 2.05) is 6.07 Å². The van der Waals surface area contributed by atoms with Crippen LogP contribution in [0.1, 0.15) is 6.42 Å². The van der Waals surface area contributed by atoms with Crippen molar-refractivity contribution in [2.75, 3.05) is 13.1 Å². The minimum absolute atomic E-state index is 0.0258. The number of rotatable bonds is 4. The number of hydrogen-bond donors (Lipinski definition) is 2. The number of aromatic nitrogens is 5. The van der Waals surface area contributed by atoms with Gasteiger partial charge in [-0.05, 0) is 25.1 Å². The first-order chi connectivity index (χ1) is 12.7. The molecule has 4 rings (SSSR count). The predicted molar refractivity (Wildman–Crippen MR) is 90.8 cm³/mol. The van der Waals surface area contributed by atoms with Crippen LogP contribution in [0, 0.1) is 0 Å². The van der Waals surface area contributed by atoms with Crippen LogP contribution >= 0.6 is 0 Å². The van der Waals surface area contributed by atoms with Crippen LogP contribution < -0.4 is 10.1 Å². The Balaban J connectivity index is 1.51. The lowest BCUT2D eigenvalue weighted by molar-refractivity contribution is 0.0643. The molecule has 1 saturated heterocycles. The van der Waals surface area contributed by atoms with Crippen molar-refractivity contribution in [3.63, 3.8) is 0 Å². The zero-order chi connectivity index (χ0) is 17.9. The molecule has 0 amide bonds. The Morgan fingerprint density at radius 1 is 1.31 bits per heavy atom. The Bertz CT molecular complexity index is 871. The third-order valence-corrected chi connectivity index (χ3v) is 4.21. The Kier molecular flexibility index (Phi) is 4.44. The molecule has 1 aromatic carbocycles. The van der Waals surface area contributed by atoms with Crippen LogP contribution in [0.3, 0.4) is 0 Å². The molecule has 0 radical (unpaired) electrons. The largest absolute Gasteiger partial charge is 0.507 e. The first-order valence-corrected chi connectivity index (χ1v) is 8.23. The van der Waals surface area contributed by atoms with Crippen LogP contribution in [0.5, 0.6) is 11.8 Å². The molecule has 0 saturated carbocycles. The van der Waals surface area contributed by atoms with Crippen molar-refractivity contribution >= 4 is 0 Å². The van der Waals surface area contributed by atoms with E-state index in [1.54, 1.807) is 35.4 Å². The van der Waals surface area contributed by atoms with Crippen molar-refractivity contribution in [2.45, 2.75) is 18.7 Å². The van der Waals surface area contributed by atoms with E-state index in [1.165, 1.54) is 6.20 Å². The summed E-state index contributed by atoms with van der Waals surface area (Å²) in [6, 6.07) is 5.18. The number of hydrogen-bond acceptors (Lipinski definition) is 7. The fraction of sp³-hybridized carbons (Fsp3) is 0.294. The highest BCUT2D eigenvalue weighted by molar-refractivity contribution is 5.67. The standard InChI is InChI=1S/C17H17FN6O2/c18-13-8-19-4-3-16(13)26-17-21-9-14(22-23-17)12-2-1-11(7-15(12)25)24-6-5-20-10-24/h1-2,5-7,9-10,13,16,19,25H,3-4,8H2/t13-,16+/m1/s1. The SMILES string of the molecule is Oc1cc(-n2ccnc2)ccc1-c1cnc(O[C@H]2CCNC[C@H]2F)nn1. The van der Waals surface area contributed by atoms with Gasteiger partial charge < -0.3 is 19.7 Å². The maximum absolute atomic E-state index is 13.8. The summed E-state index contributed by atoms with van der Waals surface area (Å²) in [5, 5.41) is 21.2. The van der Waals surface area contributed by atoms with Crippen molar-refractivity contribution in [1.29, 1.82) is 0 Å². The number of phenolic OH excluding ortho intramolecular Hbond substituents is 1. The smallest absolute Gasteiger partial charge is 0.336 e. The Morgan fingerprint density at radius 2 is 2.23 bits per heavy atom. The minimum atomic E-state index is -1.10. The zero-order valence-electron chi connectivity index (χ0n) is 13.8. The van der Waals surface area contributed by atoms with E-state index in [2.05, 4.69) is 25.5 Å². The molecule has 0 unspecified atom stereocenters. The van der Waals surface area contributed by atoms with Gasteiger partial charge in [-0.2, -0.15) is 0 Å². The molecule has 8 nitrogen and oxygen atoms in total. The summed E-state index contributed by atoms with van der Waals surface area (Å²) in [6.07, 6.45) is 5.38. The molecule has 26 heavy (non-hydrogen) atoms. The summed E-state index contributed by atoms with van der Waals surface area (Å²) in [6.45, 7) is 0.945. The van der Waals surface area contributed by atoms with Gasteiger partial charge in [0.25, 0.3) is 0 Å².